The second-order valence-corrected chi connectivity index (χ2v) is 6.74. The standard InChI is InChI=1S/C19H18N2O3S/c1-13(18(22)21-16-10-8-15(12-20)9-11-16)24-19(23)14(2)25-17-6-4-3-5-7-17/h3-11,13-14H,1-2H3,(H,21,22)/t13-,14-/m1/s1. The van der Waals surface area contributed by atoms with E-state index in [-0.39, 0.29) is 0 Å². The predicted octanol–water partition coefficient (Wildman–Crippen LogP) is 3.61. The molecule has 0 radical (unpaired) electrons. The van der Waals surface area contributed by atoms with E-state index in [9.17, 15) is 9.59 Å². The van der Waals surface area contributed by atoms with Crippen molar-refractivity contribution < 1.29 is 14.3 Å². The van der Waals surface area contributed by atoms with Crippen molar-refractivity contribution in [1.29, 1.82) is 5.26 Å². The first-order chi connectivity index (χ1) is 12.0. The number of anilines is 1. The fourth-order valence-electron chi connectivity index (χ4n) is 1.95. The van der Waals surface area contributed by atoms with Crippen LogP contribution < -0.4 is 5.32 Å². The molecule has 0 saturated heterocycles. The van der Waals surface area contributed by atoms with Crippen LogP contribution in [-0.4, -0.2) is 23.2 Å². The Morgan fingerprint density at radius 1 is 1.08 bits per heavy atom. The largest absolute Gasteiger partial charge is 0.452 e. The molecule has 0 fully saturated rings. The van der Waals surface area contributed by atoms with E-state index in [0.717, 1.165) is 4.90 Å². The highest BCUT2D eigenvalue weighted by atomic mass is 32.2. The monoisotopic (exact) mass is 354 g/mol. The Hall–Kier alpha value is -2.78. The van der Waals surface area contributed by atoms with Crippen LogP contribution in [0, 0.1) is 11.3 Å². The molecule has 0 aromatic heterocycles. The first-order valence-corrected chi connectivity index (χ1v) is 8.61. The van der Waals surface area contributed by atoms with Crippen molar-refractivity contribution in [3.63, 3.8) is 0 Å². The van der Waals surface area contributed by atoms with Crippen LogP contribution in [0.4, 0.5) is 5.69 Å². The molecule has 1 amide bonds. The maximum atomic E-state index is 12.1. The zero-order valence-electron chi connectivity index (χ0n) is 13.9. The molecule has 2 aromatic carbocycles. The maximum absolute atomic E-state index is 12.1. The molecule has 0 bridgehead atoms. The normalized spacial score (nSPS) is 12.5. The van der Waals surface area contributed by atoms with Crippen molar-refractivity contribution in [2.75, 3.05) is 5.32 Å². The van der Waals surface area contributed by atoms with Gasteiger partial charge in [-0.3, -0.25) is 9.59 Å². The van der Waals surface area contributed by atoms with E-state index in [1.807, 2.05) is 36.4 Å². The molecule has 2 aromatic rings. The second kappa shape index (κ2) is 8.90. The SMILES string of the molecule is C[C@@H](OC(=O)[C@@H](C)Sc1ccccc1)C(=O)Nc1ccc(C#N)cc1. The Balaban J connectivity index is 1.86. The van der Waals surface area contributed by atoms with Gasteiger partial charge in [-0.1, -0.05) is 18.2 Å². The summed E-state index contributed by atoms with van der Waals surface area (Å²) in [4.78, 5) is 25.2. The van der Waals surface area contributed by atoms with Gasteiger partial charge in [-0.25, -0.2) is 0 Å². The van der Waals surface area contributed by atoms with Gasteiger partial charge in [0.15, 0.2) is 6.10 Å². The van der Waals surface area contributed by atoms with E-state index in [1.165, 1.54) is 18.7 Å². The number of benzene rings is 2. The van der Waals surface area contributed by atoms with Crippen LogP contribution in [0.25, 0.3) is 0 Å². The van der Waals surface area contributed by atoms with Crippen LogP contribution in [0.1, 0.15) is 19.4 Å². The molecule has 0 heterocycles. The van der Waals surface area contributed by atoms with Gasteiger partial charge in [0.05, 0.1) is 11.6 Å². The number of nitrogens with one attached hydrogen (secondary N) is 1. The topological polar surface area (TPSA) is 79.2 Å². The minimum atomic E-state index is -0.915. The van der Waals surface area contributed by atoms with E-state index in [4.69, 9.17) is 10.00 Å². The lowest BCUT2D eigenvalue weighted by molar-refractivity contribution is -0.152. The number of carbonyl (C=O) groups is 2. The zero-order valence-corrected chi connectivity index (χ0v) is 14.7. The van der Waals surface area contributed by atoms with Crippen molar-refractivity contribution in [2.45, 2.75) is 30.1 Å². The van der Waals surface area contributed by atoms with Crippen LogP contribution >= 0.6 is 11.8 Å². The van der Waals surface area contributed by atoms with E-state index in [1.54, 1.807) is 31.2 Å². The van der Waals surface area contributed by atoms with Gasteiger partial charge in [0, 0.05) is 10.6 Å². The van der Waals surface area contributed by atoms with Crippen LogP contribution in [0.5, 0.6) is 0 Å². The van der Waals surface area contributed by atoms with E-state index < -0.39 is 23.2 Å². The Labute approximate surface area is 151 Å². The number of amides is 1. The van der Waals surface area contributed by atoms with Gasteiger partial charge in [0.25, 0.3) is 5.91 Å². The van der Waals surface area contributed by atoms with Gasteiger partial charge in [0.1, 0.15) is 5.25 Å². The molecular formula is C19H18N2O3S. The number of nitriles is 1. The molecule has 0 unspecified atom stereocenters. The number of thioether (sulfide) groups is 1. The Bertz CT molecular complexity index is 770. The number of ether oxygens (including phenoxy) is 1. The van der Waals surface area contributed by atoms with Gasteiger partial charge in [-0.05, 0) is 50.2 Å². The van der Waals surface area contributed by atoms with Gasteiger partial charge < -0.3 is 10.1 Å². The molecular weight excluding hydrogens is 336 g/mol. The van der Waals surface area contributed by atoms with Crippen LogP contribution in [-0.2, 0) is 14.3 Å². The molecule has 1 N–H and O–H groups in total. The summed E-state index contributed by atoms with van der Waals surface area (Å²) < 4.78 is 5.24. The number of hydrogen-bond acceptors (Lipinski definition) is 5. The number of esters is 1. The lowest BCUT2D eigenvalue weighted by atomic mass is 10.2. The van der Waals surface area contributed by atoms with Crippen LogP contribution in [0.2, 0.25) is 0 Å². The Morgan fingerprint density at radius 2 is 1.72 bits per heavy atom. The molecule has 25 heavy (non-hydrogen) atoms. The van der Waals surface area contributed by atoms with Crippen molar-refractivity contribution in [1.82, 2.24) is 0 Å². The molecule has 128 valence electrons. The summed E-state index contributed by atoms with van der Waals surface area (Å²) in [5.74, 6) is -0.869. The van der Waals surface area contributed by atoms with Crippen molar-refractivity contribution in [3.05, 3.63) is 60.2 Å². The van der Waals surface area contributed by atoms with Crippen LogP contribution in [0.15, 0.2) is 59.5 Å². The highest BCUT2D eigenvalue weighted by Gasteiger charge is 2.22. The molecule has 6 heteroatoms. The molecule has 0 aliphatic rings. The third-order valence-corrected chi connectivity index (χ3v) is 4.42. The molecule has 0 aliphatic carbocycles. The van der Waals surface area contributed by atoms with Crippen molar-refractivity contribution in [2.24, 2.45) is 0 Å². The maximum Gasteiger partial charge on any atom is 0.319 e. The molecule has 0 aliphatic heterocycles. The van der Waals surface area contributed by atoms with Crippen LogP contribution in [0.3, 0.4) is 0 Å². The number of rotatable bonds is 6. The summed E-state index contributed by atoms with van der Waals surface area (Å²) in [6.45, 7) is 3.27. The first-order valence-electron chi connectivity index (χ1n) is 7.73. The minimum Gasteiger partial charge on any atom is -0.452 e. The third-order valence-electron chi connectivity index (χ3n) is 3.33. The fourth-order valence-corrected chi connectivity index (χ4v) is 2.82. The molecule has 0 spiro atoms. The average molecular weight is 354 g/mol. The number of nitrogens with zero attached hydrogens (tertiary/aromatic N) is 1. The summed E-state index contributed by atoms with van der Waals surface area (Å²) in [6.07, 6.45) is -0.915. The molecule has 2 atom stereocenters. The van der Waals surface area contributed by atoms with E-state index >= 15 is 0 Å². The zero-order chi connectivity index (χ0) is 18.2. The summed E-state index contributed by atoms with van der Waals surface area (Å²) in [5, 5.41) is 11.0. The van der Waals surface area contributed by atoms with E-state index in [0.29, 0.717) is 11.3 Å². The van der Waals surface area contributed by atoms with Gasteiger partial charge in [-0.2, -0.15) is 5.26 Å². The summed E-state index contributed by atoms with van der Waals surface area (Å²) >= 11 is 1.38. The van der Waals surface area contributed by atoms with Gasteiger partial charge in [-0.15, -0.1) is 11.8 Å². The molecule has 2 rings (SSSR count). The second-order valence-electron chi connectivity index (χ2n) is 5.33. The summed E-state index contributed by atoms with van der Waals surface area (Å²) in [7, 11) is 0. The highest BCUT2D eigenvalue weighted by Crippen LogP contribution is 2.23. The van der Waals surface area contributed by atoms with E-state index in [2.05, 4.69) is 5.32 Å². The van der Waals surface area contributed by atoms with Gasteiger partial charge >= 0.3 is 5.97 Å². The summed E-state index contributed by atoms with van der Waals surface area (Å²) in [5.41, 5.74) is 1.04. The number of carbonyl (C=O) groups excluding carboxylic acids is 2. The smallest absolute Gasteiger partial charge is 0.319 e. The number of hydrogen-bond donors (Lipinski definition) is 1. The molecule has 5 nitrogen and oxygen atoms in total. The Morgan fingerprint density at radius 3 is 2.32 bits per heavy atom. The average Bonchev–Trinajstić information content (AvgIpc) is 2.63. The Kier molecular flexibility index (Phi) is 6.61. The third kappa shape index (κ3) is 5.66. The first kappa shape index (κ1) is 18.6. The quantitative estimate of drug-likeness (QED) is 0.633. The lowest BCUT2D eigenvalue weighted by Gasteiger charge is -2.16. The highest BCUT2D eigenvalue weighted by molar-refractivity contribution is 8.00. The summed E-state index contributed by atoms with van der Waals surface area (Å²) in [6, 6.07) is 18.0. The fraction of sp³-hybridized carbons (Fsp3) is 0.211. The van der Waals surface area contributed by atoms with Crippen molar-refractivity contribution >= 4 is 29.3 Å². The predicted molar refractivity (Wildman–Crippen MR) is 97.1 cm³/mol. The lowest BCUT2D eigenvalue weighted by Crippen LogP contribution is -2.32. The van der Waals surface area contributed by atoms with Crippen molar-refractivity contribution in [3.8, 4) is 6.07 Å². The van der Waals surface area contributed by atoms with Gasteiger partial charge in [0.2, 0.25) is 0 Å². The minimum absolute atomic E-state index is 0.421. The molecule has 0 saturated carbocycles.